The maximum Gasteiger partial charge on any atom is 0.172 e. The molecule has 1 heterocycles. The number of halogens is 1. The Morgan fingerprint density at radius 3 is 3.00 bits per heavy atom. The van der Waals surface area contributed by atoms with E-state index in [1.807, 2.05) is 10.8 Å². The van der Waals surface area contributed by atoms with Crippen molar-refractivity contribution < 1.29 is 5.11 Å². The van der Waals surface area contributed by atoms with E-state index in [1.165, 1.54) is 5.56 Å². The van der Waals surface area contributed by atoms with Crippen LogP contribution in [0.5, 0.6) is 0 Å². The molecule has 0 aliphatic heterocycles. The fraction of sp³-hybridized carbons (Fsp3) is 0.250. The van der Waals surface area contributed by atoms with Crippen LogP contribution in [0.25, 0.3) is 5.69 Å². The molecule has 0 radical (unpaired) electrons. The van der Waals surface area contributed by atoms with Gasteiger partial charge in [0, 0.05) is 28.3 Å². The Morgan fingerprint density at radius 1 is 1.47 bits per heavy atom. The van der Waals surface area contributed by atoms with Crippen LogP contribution in [-0.4, -0.2) is 27.0 Å². The number of rotatable bonds is 4. The molecule has 1 aromatic heterocycles. The SMILES string of the molecule is Cc1ccc(-n2ccnc2SCCO)cc1Br. The molecule has 3 nitrogen and oxygen atoms in total. The molecule has 0 aliphatic rings. The second-order valence-corrected chi connectivity index (χ2v) is 5.50. The summed E-state index contributed by atoms with van der Waals surface area (Å²) in [5.74, 6) is 0.657. The van der Waals surface area contributed by atoms with E-state index in [1.54, 1.807) is 18.0 Å². The molecule has 2 aromatic rings. The summed E-state index contributed by atoms with van der Waals surface area (Å²) in [5.41, 5.74) is 2.28. The molecule has 0 fully saturated rings. The average Bonchev–Trinajstić information content (AvgIpc) is 2.78. The quantitative estimate of drug-likeness (QED) is 0.882. The summed E-state index contributed by atoms with van der Waals surface area (Å²) in [6, 6.07) is 6.20. The van der Waals surface area contributed by atoms with Crippen molar-refractivity contribution in [1.29, 1.82) is 0 Å². The summed E-state index contributed by atoms with van der Waals surface area (Å²) in [4.78, 5) is 4.28. The molecule has 0 saturated carbocycles. The van der Waals surface area contributed by atoms with Crippen LogP contribution < -0.4 is 0 Å². The van der Waals surface area contributed by atoms with Crippen LogP contribution in [0.15, 0.2) is 40.2 Å². The zero-order valence-electron chi connectivity index (χ0n) is 9.43. The molecule has 0 atom stereocenters. The zero-order valence-corrected chi connectivity index (χ0v) is 11.8. The number of imidazole rings is 1. The first kappa shape index (κ1) is 12.7. The van der Waals surface area contributed by atoms with E-state index < -0.39 is 0 Å². The third kappa shape index (κ3) is 2.91. The molecule has 17 heavy (non-hydrogen) atoms. The standard InChI is InChI=1S/C12H13BrN2OS/c1-9-2-3-10(8-11(9)13)15-5-4-14-12(15)17-7-6-16/h2-5,8,16H,6-7H2,1H3. The molecular weight excluding hydrogens is 300 g/mol. The van der Waals surface area contributed by atoms with Gasteiger partial charge in [-0.1, -0.05) is 33.8 Å². The minimum absolute atomic E-state index is 0.162. The number of aromatic nitrogens is 2. The monoisotopic (exact) mass is 312 g/mol. The Hall–Kier alpha value is -0.780. The molecular formula is C12H13BrN2OS. The van der Waals surface area contributed by atoms with Crippen LogP contribution in [0.4, 0.5) is 0 Å². The van der Waals surface area contributed by atoms with E-state index in [-0.39, 0.29) is 6.61 Å². The van der Waals surface area contributed by atoms with Gasteiger partial charge < -0.3 is 5.11 Å². The van der Waals surface area contributed by atoms with Gasteiger partial charge in [-0.05, 0) is 24.6 Å². The van der Waals surface area contributed by atoms with E-state index in [9.17, 15) is 0 Å². The summed E-state index contributed by atoms with van der Waals surface area (Å²) in [7, 11) is 0. The summed E-state index contributed by atoms with van der Waals surface area (Å²) in [5, 5.41) is 9.74. The number of nitrogens with zero attached hydrogens (tertiary/aromatic N) is 2. The second kappa shape index (κ2) is 5.71. The zero-order chi connectivity index (χ0) is 12.3. The predicted molar refractivity (Wildman–Crippen MR) is 73.8 cm³/mol. The molecule has 90 valence electrons. The summed E-state index contributed by atoms with van der Waals surface area (Å²) in [6.07, 6.45) is 3.70. The Balaban J connectivity index is 2.32. The Kier molecular flexibility index (Phi) is 4.25. The molecule has 0 aliphatic carbocycles. The van der Waals surface area contributed by atoms with Crippen molar-refractivity contribution in [2.24, 2.45) is 0 Å². The van der Waals surface area contributed by atoms with Gasteiger partial charge in [-0.15, -0.1) is 0 Å². The van der Waals surface area contributed by atoms with Crippen molar-refractivity contribution in [2.45, 2.75) is 12.1 Å². The van der Waals surface area contributed by atoms with Gasteiger partial charge in [0.05, 0.1) is 6.61 Å². The van der Waals surface area contributed by atoms with Gasteiger partial charge in [0.15, 0.2) is 5.16 Å². The first-order chi connectivity index (χ1) is 8.22. The fourth-order valence-corrected chi connectivity index (χ4v) is 2.54. The smallest absolute Gasteiger partial charge is 0.172 e. The van der Waals surface area contributed by atoms with E-state index in [4.69, 9.17) is 5.11 Å². The first-order valence-corrected chi connectivity index (χ1v) is 7.04. The number of thioether (sulfide) groups is 1. The third-order valence-corrected chi connectivity index (χ3v) is 4.16. The number of hydrogen-bond donors (Lipinski definition) is 1. The Bertz CT molecular complexity index is 513. The van der Waals surface area contributed by atoms with E-state index >= 15 is 0 Å². The van der Waals surface area contributed by atoms with Crippen molar-refractivity contribution >= 4 is 27.7 Å². The lowest BCUT2D eigenvalue weighted by Gasteiger charge is -2.08. The molecule has 0 unspecified atom stereocenters. The van der Waals surface area contributed by atoms with Crippen LogP contribution in [-0.2, 0) is 0 Å². The molecule has 1 aromatic carbocycles. The maximum absolute atomic E-state index is 8.84. The highest BCUT2D eigenvalue weighted by atomic mass is 79.9. The molecule has 2 rings (SSSR count). The minimum atomic E-state index is 0.162. The number of hydrogen-bond acceptors (Lipinski definition) is 3. The lowest BCUT2D eigenvalue weighted by molar-refractivity contribution is 0.322. The van der Waals surface area contributed by atoms with E-state index in [2.05, 4.69) is 46.0 Å². The number of aliphatic hydroxyl groups is 1. The van der Waals surface area contributed by atoms with E-state index in [0.717, 1.165) is 15.3 Å². The lowest BCUT2D eigenvalue weighted by atomic mass is 10.2. The highest BCUT2D eigenvalue weighted by Gasteiger charge is 2.06. The van der Waals surface area contributed by atoms with Gasteiger partial charge in [0.25, 0.3) is 0 Å². The molecule has 0 amide bonds. The number of aryl methyl sites for hydroxylation is 1. The predicted octanol–water partition coefficient (Wildman–Crippen LogP) is 3.03. The highest BCUT2D eigenvalue weighted by molar-refractivity contribution is 9.10. The molecule has 0 saturated heterocycles. The first-order valence-electron chi connectivity index (χ1n) is 5.26. The highest BCUT2D eigenvalue weighted by Crippen LogP contribution is 2.24. The van der Waals surface area contributed by atoms with Crippen LogP contribution in [0.1, 0.15) is 5.56 Å². The van der Waals surface area contributed by atoms with Crippen molar-refractivity contribution in [3.8, 4) is 5.69 Å². The minimum Gasteiger partial charge on any atom is -0.396 e. The van der Waals surface area contributed by atoms with Crippen molar-refractivity contribution in [2.75, 3.05) is 12.4 Å². The van der Waals surface area contributed by atoms with Crippen LogP contribution in [0.2, 0.25) is 0 Å². The molecule has 0 spiro atoms. The second-order valence-electron chi connectivity index (χ2n) is 3.59. The third-order valence-electron chi connectivity index (χ3n) is 2.36. The van der Waals surface area contributed by atoms with Crippen LogP contribution in [0, 0.1) is 6.92 Å². The number of aliphatic hydroxyl groups excluding tert-OH is 1. The molecule has 0 bridgehead atoms. The van der Waals surface area contributed by atoms with Gasteiger partial charge in [-0.2, -0.15) is 0 Å². The number of benzene rings is 1. The van der Waals surface area contributed by atoms with Crippen molar-refractivity contribution in [3.63, 3.8) is 0 Å². The summed E-state index contributed by atoms with van der Waals surface area (Å²) >= 11 is 5.07. The maximum atomic E-state index is 8.84. The van der Waals surface area contributed by atoms with Crippen LogP contribution >= 0.6 is 27.7 Å². The van der Waals surface area contributed by atoms with Gasteiger partial charge >= 0.3 is 0 Å². The van der Waals surface area contributed by atoms with Gasteiger partial charge in [-0.25, -0.2) is 4.98 Å². The molecule has 1 N–H and O–H groups in total. The van der Waals surface area contributed by atoms with Crippen molar-refractivity contribution in [3.05, 3.63) is 40.6 Å². The topological polar surface area (TPSA) is 38.0 Å². The molecule has 5 heteroatoms. The Labute approximate surface area is 113 Å². The fourth-order valence-electron chi connectivity index (χ4n) is 1.46. The summed E-state index contributed by atoms with van der Waals surface area (Å²) in [6.45, 7) is 2.22. The van der Waals surface area contributed by atoms with Crippen molar-refractivity contribution in [1.82, 2.24) is 9.55 Å². The summed E-state index contributed by atoms with van der Waals surface area (Å²) < 4.78 is 3.10. The average molecular weight is 313 g/mol. The van der Waals surface area contributed by atoms with Crippen LogP contribution in [0.3, 0.4) is 0 Å². The van der Waals surface area contributed by atoms with Gasteiger partial charge in [-0.3, -0.25) is 4.57 Å². The largest absolute Gasteiger partial charge is 0.396 e. The lowest BCUT2D eigenvalue weighted by Crippen LogP contribution is -1.97. The van der Waals surface area contributed by atoms with Gasteiger partial charge in [0.2, 0.25) is 0 Å². The Morgan fingerprint density at radius 2 is 2.29 bits per heavy atom. The normalized spacial score (nSPS) is 10.8. The van der Waals surface area contributed by atoms with E-state index in [0.29, 0.717) is 5.75 Å². The van der Waals surface area contributed by atoms with Gasteiger partial charge in [0.1, 0.15) is 0 Å².